The number of amides is 2. The maximum absolute atomic E-state index is 13.2. The molecule has 0 fully saturated rings. The van der Waals surface area contributed by atoms with Crippen molar-refractivity contribution in [2.24, 2.45) is 0 Å². The van der Waals surface area contributed by atoms with Crippen LogP contribution in [0.3, 0.4) is 0 Å². The van der Waals surface area contributed by atoms with Crippen LogP contribution in [0.1, 0.15) is 39.2 Å². The van der Waals surface area contributed by atoms with Gasteiger partial charge in [0.2, 0.25) is 5.91 Å². The van der Waals surface area contributed by atoms with E-state index in [-0.39, 0.29) is 31.0 Å². The molecule has 2 aromatic carbocycles. The van der Waals surface area contributed by atoms with Gasteiger partial charge in [-0.1, -0.05) is 26.0 Å². The molecule has 0 spiro atoms. The third-order valence-electron chi connectivity index (χ3n) is 5.30. The van der Waals surface area contributed by atoms with Crippen molar-refractivity contribution in [1.82, 2.24) is 10.2 Å². The molecule has 0 saturated carbocycles. The second-order valence-electron chi connectivity index (χ2n) is 7.58. The fourth-order valence-electron chi connectivity index (χ4n) is 3.23. The maximum atomic E-state index is 13.2. The van der Waals surface area contributed by atoms with Gasteiger partial charge in [0.05, 0.1) is 14.2 Å². The zero-order chi connectivity index (χ0) is 23.5. The molecule has 32 heavy (non-hydrogen) atoms. The molecule has 2 rings (SSSR count). The van der Waals surface area contributed by atoms with E-state index in [9.17, 15) is 9.59 Å². The Morgan fingerprint density at radius 2 is 1.59 bits per heavy atom. The van der Waals surface area contributed by atoms with Gasteiger partial charge in [-0.3, -0.25) is 9.59 Å². The molecule has 0 heterocycles. The summed E-state index contributed by atoms with van der Waals surface area (Å²) in [6.07, 6.45) is 1.30. The van der Waals surface area contributed by atoms with Crippen LogP contribution in [0.5, 0.6) is 17.2 Å². The lowest BCUT2D eigenvalue weighted by Gasteiger charge is -2.31. The first kappa shape index (κ1) is 25.0. The Bertz CT molecular complexity index is 869. The van der Waals surface area contributed by atoms with Crippen molar-refractivity contribution in [2.45, 2.75) is 52.2 Å². The summed E-state index contributed by atoms with van der Waals surface area (Å²) in [5.74, 6) is 1.52. The van der Waals surface area contributed by atoms with E-state index in [0.29, 0.717) is 23.7 Å². The average molecular weight is 443 g/mol. The van der Waals surface area contributed by atoms with Crippen LogP contribution in [0.15, 0.2) is 48.5 Å². The van der Waals surface area contributed by atoms with Gasteiger partial charge in [0.1, 0.15) is 23.3 Å². The second kappa shape index (κ2) is 12.6. The number of benzene rings is 2. The van der Waals surface area contributed by atoms with Gasteiger partial charge in [-0.25, -0.2) is 0 Å². The topological polar surface area (TPSA) is 77.1 Å². The Labute approximate surface area is 190 Å². The third kappa shape index (κ3) is 7.18. The fraction of sp³-hybridized carbons (Fsp3) is 0.440. The molecule has 174 valence electrons. The summed E-state index contributed by atoms with van der Waals surface area (Å²) in [6.45, 7) is 5.95. The van der Waals surface area contributed by atoms with Crippen LogP contribution in [0, 0.1) is 0 Å². The van der Waals surface area contributed by atoms with Gasteiger partial charge in [-0.05, 0) is 61.7 Å². The smallest absolute Gasteiger partial charge is 0.261 e. The molecule has 0 aliphatic carbocycles. The predicted octanol–water partition coefficient (Wildman–Crippen LogP) is 3.80. The van der Waals surface area contributed by atoms with Crippen molar-refractivity contribution < 1.29 is 23.8 Å². The molecular formula is C25H34N2O5. The summed E-state index contributed by atoms with van der Waals surface area (Å²) in [5, 5.41) is 3.00. The first-order valence-corrected chi connectivity index (χ1v) is 10.9. The zero-order valence-electron chi connectivity index (χ0n) is 19.6. The highest BCUT2D eigenvalue weighted by Gasteiger charge is 2.29. The van der Waals surface area contributed by atoms with E-state index in [1.165, 1.54) is 0 Å². The van der Waals surface area contributed by atoms with Gasteiger partial charge < -0.3 is 24.4 Å². The summed E-state index contributed by atoms with van der Waals surface area (Å²) in [5.41, 5.74) is 0.872. The largest absolute Gasteiger partial charge is 0.497 e. The molecule has 0 radical (unpaired) electrons. The van der Waals surface area contributed by atoms with Gasteiger partial charge in [0, 0.05) is 12.6 Å². The number of carbonyl (C=O) groups is 2. The second-order valence-corrected chi connectivity index (χ2v) is 7.58. The van der Waals surface area contributed by atoms with Gasteiger partial charge in [0.15, 0.2) is 6.61 Å². The number of nitrogens with one attached hydrogen (secondary N) is 1. The molecule has 0 saturated heterocycles. The van der Waals surface area contributed by atoms with Gasteiger partial charge in [-0.15, -0.1) is 0 Å². The minimum Gasteiger partial charge on any atom is -0.497 e. The number of hydrogen-bond donors (Lipinski definition) is 1. The van der Waals surface area contributed by atoms with Crippen LogP contribution in [0.2, 0.25) is 0 Å². The van der Waals surface area contributed by atoms with Crippen LogP contribution in [0.25, 0.3) is 0 Å². The molecule has 0 aliphatic rings. The lowest BCUT2D eigenvalue weighted by atomic mass is 10.1. The van der Waals surface area contributed by atoms with Crippen molar-refractivity contribution in [1.29, 1.82) is 0 Å². The molecule has 0 unspecified atom stereocenters. The number of rotatable bonds is 12. The van der Waals surface area contributed by atoms with E-state index < -0.39 is 6.04 Å². The minimum absolute atomic E-state index is 0.0286. The van der Waals surface area contributed by atoms with Gasteiger partial charge in [0.25, 0.3) is 5.91 Å². The maximum Gasteiger partial charge on any atom is 0.261 e. The van der Waals surface area contributed by atoms with Crippen LogP contribution < -0.4 is 19.5 Å². The van der Waals surface area contributed by atoms with Crippen LogP contribution >= 0.6 is 0 Å². The van der Waals surface area contributed by atoms with Crippen LogP contribution in [-0.4, -0.2) is 49.6 Å². The van der Waals surface area contributed by atoms with E-state index in [4.69, 9.17) is 14.2 Å². The van der Waals surface area contributed by atoms with Crippen molar-refractivity contribution in [3.05, 3.63) is 54.1 Å². The van der Waals surface area contributed by atoms with Crippen molar-refractivity contribution in [3.63, 3.8) is 0 Å². The quantitative estimate of drug-likeness (QED) is 0.541. The SMILES string of the molecule is CC[C@@H](C)NC(=O)[C@H](CC)N(Cc1cccc(OC)c1)C(=O)COc1ccc(OC)cc1. The monoisotopic (exact) mass is 442 g/mol. The number of carbonyl (C=O) groups excluding carboxylic acids is 2. The minimum atomic E-state index is -0.609. The Kier molecular flexibility index (Phi) is 9.85. The molecule has 0 aliphatic heterocycles. The Morgan fingerprint density at radius 3 is 2.19 bits per heavy atom. The highest BCUT2D eigenvalue weighted by Crippen LogP contribution is 2.19. The Balaban J connectivity index is 2.21. The zero-order valence-corrected chi connectivity index (χ0v) is 19.6. The molecule has 7 heteroatoms. The summed E-state index contributed by atoms with van der Waals surface area (Å²) >= 11 is 0. The molecule has 2 atom stereocenters. The van der Waals surface area contributed by atoms with Crippen LogP contribution in [0.4, 0.5) is 0 Å². The van der Waals surface area contributed by atoms with Gasteiger partial charge in [-0.2, -0.15) is 0 Å². The molecule has 1 N–H and O–H groups in total. The molecular weight excluding hydrogens is 408 g/mol. The fourth-order valence-corrected chi connectivity index (χ4v) is 3.23. The average Bonchev–Trinajstić information content (AvgIpc) is 2.82. The van der Waals surface area contributed by atoms with Crippen molar-refractivity contribution in [3.8, 4) is 17.2 Å². The lowest BCUT2D eigenvalue weighted by molar-refractivity contribution is -0.143. The summed E-state index contributed by atoms with van der Waals surface area (Å²) in [4.78, 5) is 27.8. The first-order valence-electron chi connectivity index (χ1n) is 10.9. The molecule has 2 amide bonds. The normalized spacial score (nSPS) is 12.4. The Morgan fingerprint density at radius 1 is 0.938 bits per heavy atom. The number of hydrogen-bond acceptors (Lipinski definition) is 5. The molecule has 0 bridgehead atoms. The number of nitrogens with zero attached hydrogens (tertiary/aromatic N) is 1. The Hall–Kier alpha value is -3.22. The standard InChI is InChI=1S/C25H34N2O5/c1-6-18(3)26-25(29)23(7-2)27(16-19-9-8-10-22(15-19)31-5)24(28)17-32-21-13-11-20(30-4)12-14-21/h8-15,18,23H,6-7,16-17H2,1-5H3,(H,26,29)/t18-,23+/m1/s1. The number of ether oxygens (including phenoxy) is 3. The van der Waals surface area contributed by atoms with E-state index in [1.54, 1.807) is 43.4 Å². The molecule has 0 aromatic heterocycles. The van der Waals surface area contributed by atoms with Gasteiger partial charge >= 0.3 is 0 Å². The van der Waals surface area contributed by atoms with Crippen molar-refractivity contribution in [2.75, 3.05) is 20.8 Å². The lowest BCUT2D eigenvalue weighted by Crippen LogP contribution is -2.51. The van der Waals surface area contributed by atoms with E-state index >= 15 is 0 Å². The predicted molar refractivity (Wildman–Crippen MR) is 124 cm³/mol. The summed E-state index contributed by atoms with van der Waals surface area (Å²) in [7, 11) is 3.18. The molecule has 2 aromatic rings. The first-order chi connectivity index (χ1) is 15.4. The van der Waals surface area contributed by atoms with E-state index in [2.05, 4.69) is 5.32 Å². The van der Waals surface area contributed by atoms with Crippen LogP contribution in [-0.2, 0) is 16.1 Å². The van der Waals surface area contributed by atoms with E-state index in [1.807, 2.05) is 45.0 Å². The highest BCUT2D eigenvalue weighted by atomic mass is 16.5. The van der Waals surface area contributed by atoms with E-state index in [0.717, 1.165) is 12.0 Å². The highest BCUT2D eigenvalue weighted by molar-refractivity contribution is 5.88. The third-order valence-corrected chi connectivity index (χ3v) is 5.30. The molecule has 7 nitrogen and oxygen atoms in total. The number of methoxy groups -OCH3 is 2. The summed E-state index contributed by atoms with van der Waals surface area (Å²) in [6, 6.07) is 13.9. The summed E-state index contributed by atoms with van der Waals surface area (Å²) < 4.78 is 16.2. The van der Waals surface area contributed by atoms with Crippen molar-refractivity contribution >= 4 is 11.8 Å².